The summed E-state index contributed by atoms with van der Waals surface area (Å²) in [6.07, 6.45) is 3.63. The van der Waals surface area contributed by atoms with E-state index in [1.165, 1.54) is 16.9 Å². The standard InChI is InChI=1S/C31H28N2O4S/c1-4-37-21-12-9-19(10-13-21)17-27-30(34)33-29(25-18-22(35-2)14-16-26(25)36-3)24-15-11-20-7-5-6-8-23(20)28(24)32-31(33)38-27/h5-10,12-14,16-18,29H,4,11,15H2,1-3H3/t29-/m0/s1. The maximum atomic E-state index is 14.0. The molecule has 1 aliphatic carbocycles. The minimum Gasteiger partial charge on any atom is -0.497 e. The van der Waals surface area contributed by atoms with E-state index in [0.717, 1.165) is 46.6 Å². The van der Waals surface area contributed by atoms with Crippen LogP contribution in [0.25, 0.3) is 11.8 Å². The molecule has 6 nitrogen and oxygen atoms in total. The Balaban J connectivity index is 1.59. The van der Waals surface area contributed by atoms with Crippen LogP contribution in [0.1, 0.15) is 41.6 Å². The van der Waals surface area contributed by atoms with Crippen molar-refractivity contribution < 1.29 is 14.2 Å². The van der Waals surface area contributed by atoms with Crippen LogP contribution in [0.15, 0.2) is 82.1 Å². The average Bonchev–Trinajstić information content (AvgIpc) is 3.26. The van der Waals surface area contributed by atoms with Gasteiger partial charge < -0.3 is 14.2 Å². The summed E-state index contributed by atoms with van der Waals surface area (Å²) in [5, 5.41) is 0. The van der Waals surface area contributed by atoms with Gasteiger partial charge in [-0.3, -0.25) is 9.36 Å². The molecule has 192 valence electrons. The summed E-state index contributed by atoms with van der Waals surface area (Å²) in [6.45, 7) is 2.57. The first-order valence-electron chi connectivity index (χ1n) is 12.7. The van der Waals surface area contributed by atoms with Crippen molar-refractivity contribution in [3.8, 4) is 17.2 Å². The fourth-order valence-electron chi connectivity index (χ4n) is 5.33. The van der Waals surface area contributed by atoms with Gasteiger partial charge in [0, 0.05) is 11.1 Å². The number of thiazole rings is 1. The number of benzene rings is 3. The lowest BCUT2D eigenvalue weighted by atomic mass is 9.83. The first-order chi connectivity index (χ1) is 18.6. The van der Waals surface area contributed by atoms with Gasteiger partial charge in [0.1, 0.15) is 17.2 Å². The lowest BCUT2D eigenvalue weighted by Crippen LogP contribution is -2.39. The van der Waals surface area contributed by atoms with E-state index in [1.807, 2.05) is 66.1 Å². The Morgan fingerprint density at radius 3 is 2.55 bits per heavy atom. The van der Waals surface area contributed by atoms with Gasteiger partial charge >= 0.3 is 0 Å². The number of fused-ring (bicyclic) bond motifs is 3. The fourth-order valence-corrected chi connectivity index (χ4v) is 6.33. The van der Waals surface area contributed by atoms with Crippen LogP contribution in [0, 0.1) is 0 Å². The molecular formula is C31H28N2O4S. The fraction of sp³-hybridized carbons (Fsp3) is 0.226. The van der Waals surface area contributed by atoms with Crippen molar-refractivity contribution in [1.29, 1.82) is 0 Å². The number of ether oxygens (including phenoxy) is 3. The zero-order chi connectivity index (χ0) is 26.2. The topological polar surface area (TPSA) is 62.0 Å². The van der Waals surface area contributed by atoms with E-state index in [-0.39, 0.29) is 11.6 Å². The number of nitrogens with zero attached hydrogens (tertiary/aromatic N) is 2. The maximum Gasteiger partial charge on any atom is 0.271 e. The van der Waals surface area contributed by atoms with Crippen molar-refractivity contribution in [3.63, 3.8) is 0 Å². The molecule has 1 aliphatic heterocycles. The summed E-state index contributed by atoms with van der Waals surface area (Å²) in [4.78, 5) is 19.8. The quantitative estimate of drug-likeness (QED) is 0.366. The van der Waals surface area contributed by atoms with E-state index >= 15 is 0 Å². The highest BCUT2D eigenvalue weighted by atomic mass is 32.1. The third kappa shape index (κ3) is 4.13. The van der Waals surface area contributed by atoms with E-state index in [1.54, 1.807) is 14.2 Å². The van der Waals surface area contributed by atoms with Crippen molar-refractivity contribution in [2.24, 2.45) is 4.99 Å². The van der Waals surface area contributed by atoms with Crippen LogP contribution < -0.4 is 29.1 Å². The SMILES string of the molecule is CCOc1ccc(C=c2sc3n(c2=O)[C@H](c2cc(OC)ccc2OC)C2=C(N=3)c3ccccc3CC2)cc1. The molecule has 0 saturated carbocycles. The van der Waals surface area contributed by atoms with E-state index < -0.39 is 0 Å². The van der Waals surface area contributed by atoms with Gasteiger partial charge in [-0.25, -0.2) is 4.99 Å². The molecule has 3 aromatic carbocycles. The normalized spacial score (nSPS) is 16.3. The average molecular weight is 525 g/mol. The summed E-state index contributed by atoms with van der Waals surface area (Å²) in [5.41, 5.74) is 6.24. The Bertz CT molecular complexity index is 1730. The molecule has 6 rings (SSSR count). The van der Waals surface area contributed by atoms with Gasteiger partial charge in [-0.15, -0.1) is 0 Å². The summed E-state index contributed by atoms with van der Waals surface area (Å²) >= 11 is 1.41. The number of methoxy groups -OCH3 is 2. The highest BCUT2D eigenvalue weighted by Crippen LogP contribution is 2.44. The molecule has 1 aromatic heterocycles. The van der Waals surface area contributed by atoms with Gasteiger partial charge in [0.25, 0.3) is 5.56 Å². The van der Waals surface area contributed by atoms with Crippen molar-refractivity contribution in [3.05, 3.63) is 114 Å². The molecule has 0 radical (unpaired) electrons. The number of aryl methyl sites for hydroxylation is 1. The molecule has 0 spiro atoms. The predicted octanol–water partition coefficient (Wildman–Crippen LogP) is 4.73. The van der Waals surface area contributed by atoms with Crippen LogP contribution in [0.5, 0.6) is 17.2 Å². The predicted molar refractivity (Wildman–Crippen MR) is 150 cm³/mol. The lowest BCUT2D eigenvalue weighted by Gasteiger charge is -2.31. The van der Waals surface area contributed by atoms with Crippen molar-refractivity contribution in [1.82, 2.24) is 4.57 Å². The molecular weight excluding hydrogens is 496 g/mol. The van der Waals surface area contributed by atoms with Crippen LogP contribution in [0.3, 0.4) is 0 Å². The largest absolute Gasteiger partial charge is 0.497 e. The Morgan fingerprint density at radius 1 is 1.00 bits per heavy atom. The van der Waals surface area contributed by atoms with Gasteiger partial charge in [0.05, 0.1) is 37.1 Å². The smallest absolute Gasteiger partial charge is 0.271 e. The van der Waals surface area contributed by atoms with Crippen LogP contribution >= 0.6 is 11.3 Å². The highest BCUT2D eigenvalue weighted by Gasteiger charge is 2.34. The molecule has 0 fully saturated rings. The Morgan fingerprint density at radius 2 is 1.79 bits per heavy atom. The minimum atomic E-state index is -0.345. The molecule has 0 bridgehead atoms. The van der Waals surface area contributed by atoms with Crippen LogP contribution in [-0.2, 0) is 6.42 Å². The molecule has 2 heterocycles. The highest BCUT2D eigenvalue weighted by molar-refractivity contribution is 7.07. The molecule has 4 aromatic rings. The molecule has 2 aliphatic rings. The molecule has 0 amide bonds. The van der Waals surface area contributed by atoms with E-state index in [4.69, 9.17) is 19.2 Å². The lowest BCUT2D eigenvalue weighted by molar-refractivity contribution is 0.340. The number of hydrogen-bond donors (Lipinski definition) is 0. The van der Waals surface area contributed by atoms with Crippen LogP contribution in [0.2, 0.25) is 0 Å². The van der Waals surface area contributed by atoms with Gasteiger partial charge in [-0.05, 0) is 72.9 Å². The van der Waals surface area contributed by atoms with Crippen molar-refractivity contribution in [2.45, 2.75) is 25.8 Å². The van der Waals surface area contributed by atoms with Crippen molar-refractivity contribution >= 4 is 23.1 Å². The number of aromatic nitrogens is 1. The number of hydrogen-bond acceptors (Lipinski definition) is 6. The summed E-state index contributed by atoms with van der Waals surface area (Å²) in [6, 6.07) is 21.6. The summed E-state index contributed by atoms with van der Waals surface area (Å²) in [5.74, 6) is 2.24. The van der Waals surface area contributed by atoms with Crippen LogP contribution in [-0.4, -0.2) is 25.4 Å². The molecule has 7 heteroatoms. The first kappa shape index (κ1) is 24.2. The van der Waals surface area contributed by atoms with Crippen LogP contribution in [0.4, 0.5) is 0 Å². The third-order valence-corrected chi connectivity index (χ3v) is 8.08. The third-order valence-electron chi connectivity index (χ3n) is 7.09. The second-order valence-corrected chi connectivity index (χ2v) is 10.2. The second-order valence-electron chi connectivity index (χ2n) is 9.22. The maximum absolute atomic E-state index is 14.0. The Hall–Kier alpha value is -4.10. The first-order valence-corrected chi connectivity index (χ1v) is 13.5. The number of rotatable bonds is 6. The molecule has 0 saturated heterocycles. The van der Waals surface area contributed by atoms with E-state index in [2.05, 4.69) is 18.2 Å². The number of allylic oxidation sites excluding steroid dienone is 1. The summed E-state index contributed by atoms with van der Waals surface area (Å²) < 4.78 is 19.4. The monoisotopic (exact) mass is 524 g/mol. The molecule has 38 heavy (non-hydrogen) atoms. The zero-order valence-electron chi connectivity index (χ0n) is 21.6. The zero-order valence-corrected chi connectivity index (χ0v) is 22.4. The molecule has 0 N–H and O–H groups in total. The Kier molecular flexibility index (Phi) is 6.37. The van der Waals surface area contributed by atoms with Crippen molar-refractivity contribution in [2.75, 3.05) is 20.8 Å². The van der Waals surface area contributed by atoms with E-state index in [9.17, 15) is 4.79 Å². The molecule has 1 atom stereocenters. The van der Waals surface area contributed by atoms with Gasteiger partial charge in [0.2, 0.25) is 0 Å². The Labute approximate surface area is 224 Å². The summed E-state index contributed by atoms with van der Waals surface area (Å²) in [7, 11) is 3.31. The van der Waals surface area contributed by atoms with Gasteiger partial charge in [0.15, 0.2) is 4.80 Å². The molecule has 0 unspecified atom stereocenters. The van der Waals surface area contributed by atoms with Gasteiger partial charge in [-0.1, -0.05) is 47.7 Å². The van der Waals surface area contributed by atoms with E-state index in [0.29, 0.717) is 27.4 Å². The minimum absolute atomic E-state index is 0.0667. The second kappa shape index (κ2) is 9.99. The van der Waals surface area contributed by atoms with Gasteiger partial charge in [-0.2, -0.15) is 0 Å².